The van der Waals surface area contributed by atoms with E-state index in [1.165, 1.54) is 11.4 Å². The lowest BCUT2D eigenvalue weighted by Gasteiger charge is -2.22. The summed E-state index contributed by atoms with van der Waals surface area (Å²) >= 11 is 0. The second-order valence-corrected chi connectivity index (χ2v) is 7.14. The number of pyridine rings is 1. The van der Waals surface area contributed by atoms with Crippen molar-refractivity contribution in [2.45, 2.75) is 11.8 Å². The van der Waals surface area contributed by atoms with Crippen LogP contribution in [0.25, 0.3) is 10.9 Å². The second kappa shape index (κ2) is 6.49. The van der Waals surface area contributed by atoms with E-state index in [9.17, 15) is 8.42 Å². The van der Waals surface area contributed by atoms with Gasteiger partial charge in [0.1, 0.15) is 10.6 Å². The highest BCUT2D eigenvalue weighted by atomic mass is 32.2. The van der Waals surface area contributed by atoms with E-state index < -0.39 is 10.0 Å². The van der Waals surface area contributed by atoms with E-state index in [4.69, 9.17) is 4.74 Å². The van der Waals surface area contributed by atoms with Crippen LogP contribution >= 0.6 is 0 Å². The molecule has 0 amide bonds. The van der Waals surface area contributed by atoms with Crippen molar-refractivity contribution in [3.8, 4) is 5.75 Å². The normalized spacial score (nSPS) is 11.4. The maximum absolute atomic E-state index is 13.1. The third kappa shape index (κ3) is 2.80. The van der Waals surface area contributed by atoms with Crippen molar-refractivity contribution in [2.75, 3.05) is 18.0 Å². The number of aromatic nitrogens is 1. The van der Waals surface area contributed by atoms with Crippen LogP contribution < -0.4 is 9.04 Å². The average molecular weight is 342 g/mol. The third-order valence-electron chi connectivity index (χ3n) is 3.74. The summed E-state index contributed by atoms with van der Waals surface area (Å²) in [7, 11) is -2.25. The largest absolute Gasteiger partial charge is 0.492 e. The Balaban J connectivity index is 2.14. The van der Waals surface area contributed by atoms with Gasteiger partial charge in [0.05, 0.1) is 17.8 Å². The van der Waals surface area contributed by atoms with E-state index in [1.807, 2.05) is 25.1 Å². The molecular formula is C18H18N2O3S. The van der Waals surface area contributed by atoms with Gasteiger partial charge in [-0.15, -0.1) is 0 Å². The first-order valence-corrected chi connectivity index (χ1v) is 9.04. The summed E-state index contributed by atoms with van der Waals surface area (Å²) in [5.41, 5.74) is 0.952. The van der Waals surface area contributed by atoms with Gasteiger partial charge >= 0.3 is 0 Å². The van der Waals surface area contributed by atoms with Crippen molar-refractivity contribution in [1.82, 2.24) is 4.98 Å². The van der Waals surface area contributed by atoms with Crippen LogP contribution in [0.1, 0.15) is 6.92 Å². The van der Waals surface area contributed by atoms with E-state index in [-0.39, 0.29) is 4.90 Å². The first-order chi connectivity index (χ1) is 11.6. The molecule has 0 radical (unpaired) electrons. The Morgan fingerprint density at radius 1 is 1.04 bits per heavy atom. The molecule has 1 heterocycles. The lowest BCUT2D eigenvalue weighted by molar-refractivity contribution is 0.341. The first kappa shape index (κ1) is 16.3. The van der Waals surface area contributed by atoms with Crippen LogP contribution in [0.3, 0.4) is 0 Å². The van der Waals surface area contributed by atoms with Crippen LogP contribution in [-0.4, -0.2) is 27.1 Å². The minimum absolute atomic E-state index is 0.175. The number of para-hydroxylation sites is 3. The van der Waals surface area contributed by atoms with Crippen LogP contribution in [0.15, 0.2) is 65.7 Å². The number of nitrogens with zero attached hydrogens (tertiary/aromatic N) is 2. The first-order valence-electron chi connectivity index (χ1n) is 7.60. The standard InChI is InChI=1S/C18H18N2O3S/c1-3-23-16-11-5-4-10-15(16)20(2)24(21,22)17-12-6-8-14-9-7-13-19-18(14)17/h4-13H,3H2,1-2H3. The van der Waals surface area contributed by atoms with Crippen molar-refractivity contribution in [2.24, 2.45) is 0 Å². The molecule has 24 heavy (non-hydrogen) atoms. The zero-order valence-electron chi connectivity index (χ0n) is 13.5. The number of rotatable bonds is 5. The minimum Gasteiger partial charge on any atom is -0.492 e. The molecule has 3 rings (SSSR count). The van der Waals surface area contributed by atoms with E-state index in [1.54, 1.807) is 42.6 Å². The fourth-order valence-electron chi connectivity index (χ4n) is 2.56. The Bertz CT molecular complexity index is 965. The quantitative estimate of drug-likeness (QED) is 0.712. The molecule has 3 aromatic rings. The van der Waals surface area contributed by atoms with E-state index >= 15 is 0 Å². The van der Waals surface area contributed by atoms with Crippen molar-refractivity contribution >= 4 is 26.6 Å². The van der Waals surface area contributed by atoms with Crippen molar-refractivity contribution in [3.05, 3.63) is 60.8 Å². The fourth-order valence-corrected chi connectivity index (χ4v) is 3.93. The Morgan fingerprint density at radius 2 is 1.79 bits per heavy atom. The smallest absolute Gasteiger partial charge is 0.266 e. The maximum atomic E-state index is 13.1. The molecule has 0 saturated heterocycles. The zero-order valence-corrected chi connectivity index (χ0v) is 14.3. The molecule has 0 atom stereocenters. The summed E-state index contributed by atoms with van der Waals surface area (Å²) in [4.78, 5) is 4.42. The molecule has 0 fully saturated rings. The molecule has 0 spiro atoms. The molecule has 0 aliphatic heterocycles. The van der Waals surface area contributed by atoms with Gasteiger partial charge in [-0.05, 0) is 31.2 Å². The molecule has 2 aromatic carbocycles. The Kier molecular flexibility index (Phi) is 4.40. The van der Waals surface area contributed by atoms with Crippen LogP contribution in [-0.2, 0) is 10.0 Å². The summed E-state index contributed by atoms with van der Waals surface area (Å²) < 4.78 is 33.1. The predicted molar refractivity (Wildman–Crippen MR) is 94.9 cm³/mol. The predicted octanol–water partition coefficient (Wildman–Crippen LogP) is 3.46. The number of hydrogen-bond donors (Lipinski definition) is 0. The summed E-state index contributed by atoms with van der Waals surface area (Å²) in [6.07, 6.45) is 1.59. The van der Waals surface area contributed by atoms with Gasteiger partial charge in [0.2, 0.25) is 0 Å². The molecule has 0 N–H and O–H groups in total. The van der Waals surface area contributed by atoms with Crippen LogP contribution in [0.5, 0.6) is 5.75 Å². The maximum Gasteiger partial charge on any atom is 0.266 e. The van der Waals surface area contributed by atoms with Gasteiger partial charge in [0.15, 0.2) is 0 Å². The summed E-state index contributed by atoms with van der Waals surface area (Å²) in [6, 6.07) is 15.8. The Hall–Kier alpha value is -2.60. The van der Waals surface area contributed by atoms with E-state index in [0.717, 1.165) is 5.39 Å². The van der Waals surface area contributed by atoms with E-state index in [0.29, 0.717) is 23.6 Å². The Morgan fingerprint density at radius 3 is 2.58 bits per heavy atom. The Labute approximate surface area is 141 Å². The monoisotopic (exact) mass is 342 g/mol. The van der Waals surface area contributed by atoms with Crippen molar-refractivity contribution in [3.63, 3.8) is 0 Å². The fraction of sp³-hybridized carbons (Fsp3) is 0.167. The molecule has 5 nitrogen and oxygen atoms in total. The number of anilines is 1. The number of benzene rings is 2. The van der Waals surface area contributed by atoms with Crippen LogP contribution in [0.2, 0.25) is 0 Å². The van der Waals surface area contributed by atoms with Crippen molar-refractivity contribution in [1.29, 1.82) is 0 Å². The molecule has 0 aliphatic rings. The van der Waals surface area contributed by atoms with Gasteiger partial charge in [-0.25, -0.2) is 8.42 Å². The van der Waals surface area contributed by atoms with Gasteiger partial charge in [0, 0.05) is 18.6 Å². The van der Waals surface area contributed by atoms with Crippen LogP contribution in [0.4, 0.5) is 5.69 Å². The summed E-state index contributed by atoms with van der Waals surface area (Å²) in [6.45, 7) is 2.32. The summed E-state index contributed by atoms with van der Waals surface area (Å²) in [5.74, 6) is 0.527. The lowest BCUT2D eigenvalue weighted by Crippen LogP contribution is -2.27. The highest BCUT2D eigenvalue weighted by Crippen LogP contribution is 2.32. The molecule has 0 unspecified atom stereocenters. The molecule has 0 aliphatic carbocycles. The molecule has 0 saturated carbocycles. The summed E-state index contributed by atoms with van der Waals surface area (Å²) in [5, 5.41) is 0.782. The number of hydrogen-bond acceptors (Lipinski definition) is 4. The lowest BCUT2D eigenvalue weighted by atomic mass is 10.2. The van der Waals surface area contributed by atoms with Gasteiger partial charge in [-0.2, -0.15) is 0 Å². The number of ether oxygens (including phenoxy) is 1. The van der Waals surface area contributed by atoms with Crippen molar-refractivity contribution < 1.29 is 13.2 Å². The molecule has 0 bridgehead atoms. The highest BCUT2D eigenvalue weighted by molar-refractivity contribution is 7.93. The van der Waals surface area contributed by atoms with Crippen LogP contribution in [0, 0.1) is 0 Å². The topological polar surface area (TPSA) is 59.5 Å². The molecule has 1 aromatic heterocycles. The molecule has 124 valence electrons. The number of sulfonamides is 1. The van der Waals surface area contributed by atoms with Gasteiger partial charge in [-0.1, -0.05) is 30.3 Å². The highest BCUT2D eigenvalue weighted by Gasteiger charge is 2.26. The third-order valence-corrected chi connectivity index (χ3v) is 5.54. The zero-order chi connectivity index (χ0) is 17.2. The number of fused-ring (bicyclic) bond motifs is 1. The minimum atomic E-state index is -3.77. The second-order valence-electron chi connectivity index (χ2n) is 5.20. The SMILES string of the molecule is CCOc1ccccc1N(C)S(=O)(=O)c1cccc2cccnc12. The molecular weight excluding hydrogens is 324 g/mol. The van der Waals surface area contributed by atoms with Gasteiger partial charge in [-0.3, -0.25) is 9.29 Å². The average Bonchev–Trinajstić information content (AvgIpc) is 2.61. The molecule has 6 heteroatoms. The van der Waals surface area contributed by atoms with E-state index in [2.05, 4.69) is 4.98 Å². The van der Waals surface area contributed by atoms with Gasteiger partial charge in [0.25, 0.3) is 10.0 Å². The van der Waals surface area contributed by atoms with Gasteiger partial charge < -0.3 is 4.74 Å².